The Bertz CT molecular complexity index is 3440. The fourth-order valence-electron chi connectivity index (χ4n) is 10.4. The number of hydrogen-bond acceptors (Lipinski definition) is 2. The van der Waals surface area contributed by atoms with Crippen LogP contribution >= 0.6 is 0 Å². The summed E-state index contributed by atoms with van der Waals surface area (Å²) < 4.78 is 9.36. The second-order valence-corrected chi connectivity index (χ2v) is 15.2. The molecule has 3 heteroatoms. The van der Waals surface area contributed by atoms with Crippen LogP contribution < -0.4 is 4.90 Å². The molecule has 0 N–H and O–H groups in total. The van der Waals surface area contributed by atoms with Gasteiger partial charge in [-0.05, 0) is 93.4 Å². The van der Waals surface area contributed by atoms with Crippen LogP contribution in [0.25, 0.3) is 71.3 Å². The van der Waals surface area contributed by atoms with Gasteiger partial charge in [-0.15, -0.1) is 0 Å². The molecule has 0 fully saturated rings. The molecule has 1 aliphatic carbocycles. The highest BCUT2D eigenvalue weighted by molar-refractivity contribution is 6.26. The molecule has 1 unspecified atom stereocenters. The van der Waals surface area contributed by atoms with Crippen LogP contribution in [0.15, 0.2) is 199 Å². The summed E-state index contributed by atoms with van der Waals surface area (Å²) in [5.41, 5.74) is 15.9. The quantitative estimate of drug-likeness (QED) is 0.182. The summed E-state index contributed by atoms with van der Waals surface area (Å²) in [5, 5.41) is 7.08. The molecule has 0 saturated heterocycles. The van der Waals surface area contributed by atoms with E-state index >= 15 is 0 Å². The zero-order valence-corrected chi connectivity index (χ0v) is 30.3. The van der Waals surface area contributed by atoms with Crippen molar-refractivity contribution in [3.63, 3.8) is 0 Å². The smallest absolute Gasteiger partial charge is 0.145 e. The Labute approximate surface area is 322 Å². The van der Waals surface area contributed by atoms with E-state index in [1.807, 2.05) is 0 Å². The van der Waals surface area contributed by atoms with E-state index in [1.165, 1.54) is 71.6 Å². The number of aromatic nitrogens is 1. The maximum Gasteiger partial charge on any atom is 0.145 e. The minimum absolute atomic E-state index is 0.616. The van der Waals surface area contributed by atoms with Gasteiger partial charge in [0, 0.05) is 32.9 Å². The number of rotatable bonds is 3. The minimum atomic E-state index is -0.616. The van der Waals surface area contributed by atoms with Crippen molar-refractivity contribution in [2.75, 3.05) is 4.90 Å². The summed E-state index contributed by atoms with van der Waals surface area (Å²) in [7, 11) is 0. The number of fused-ring (bicyclic) bond motifs is 17. The number of furan rings is 1. The molecule has 11 aromatic rings. The van der Waals surface area contributed by atoms with Crippen LogP contribution in [0.2, 0.25) is 0 Å². The van der Waals surface area contributed by atoms with Crippen molar-refractivity contribution in [2.24, 2.45) is 0 Å². The summed E-state index contributed by atoms with van der Waals surface area (Å²) in [5.74, 6) is 0. The average molecular weight is 713 g/mol. The lowest BCUT2D eigenvalue weighted by Gasteiger charge is -2.40. The summed E-state index contributed by atoms with van der Waals surface area (Å²) in [6.07, 6.45) is 0. The predicted octanol–water partition coefficient (Wildman–Crippen LogP) is 14.0. The van der Waals surface area contributed by atoms with Crippen LogP contribution in [0.4, 0.5) is 17.1 Å². The van der Waals surface area contributed by atoms with Gasteiger partial charge in [-0.2, -0.15) is 0 Å². The fourth-order valence-corrected chi connectivity index (χ4v) is 10.4. The molecule has 3 nitrogen and oxygen atoms in total. The van der Waals surface area contributed by atoms with Crippen LogP contribution in [0, 0.1) is 0 Å². The Morgan fingerprint density at radius 3 is 2.05 bits per heavy atom. The van der Waals surface area contributed by atoms with E-state index in [4.69, 9.17) is 4.42 Å². The molecular formula is C53H32N2O. The van der Waals surface area contributed by atoms with E-state index < -0.39 is 5.41 Å². The first kappa shape index (κ1) is 30.0. The number of hydrogen-bond donors (Lipinski definition) is 0. The molecule has 3 heterocycles. The predicted molar refractivity (Wildman–Crippen MR) is 231 cm³/mol. The van der Waals surface area contributed by atoms with Gasteiger partial charge in [0.15, 0.2) is 0 Å². The van der Waals surface area contributed by atoms with Crippen molar-refractivity contribution < 1.29 is 4.42 Å². The van der Waals surface area contributed by atoms with Gasteiger partial charge in [0.05, 0.1) is 33.2 Å². The summed E-state index contributed by atoms with van der Waals surface area (Å²) >= 11 is 0. The van der Waals surface area contributed by atoms with Gasteiger partial charge in [0.25, 0.3) is 0 Å². The number of anilines is 3. The van der Waals surface area contributed by atoms with Gasteiger partial charge >= 0.3 is 0 Å². The molecule has 0 saturated carbocycles. The molecule has 2 aliphatic rings. The van der Waals surface area contributed by atoms with Gasteiger partial charge in [-0.3, -0.25) is 0 Å². The van der Waals surface area contributed by atoms with E-state index in [0.29, 0.717) is 0 Å². The molecule has 13 rings (SSSR count). The maximum atomic E-state index is 6.85. The van der Waals surface area contributed by atoms with Gasteiger partial charge < -0.3 is 13.9 Å². The first-order valence-electron chi connectivity index (χ1n) is 19.4. The Hall–Kier alpha value is -7.36. The van der Waals surface area contributed by atoms with Crippen molar-refractivity contribution in [1.29, 1.82) is 0 Å². The van der Waals surface area contributed by atoms with E-state index in [0.717, 1.165) is 39.0 Å². The first-order valence-corrected chi connectivity index (χ1v) is 19.4. The zero-order valence-electron chi connectivity index (χ0n) is 30.3. The van der Waals surface area contributed by atoms with E-state index in [1.54, 1.807) is 0 Å². The average Bonchev–Trinajstić information content (AvgIpc) is 3.90. The third kappa shape index (κ3) is 3.67. The van der Waals surface area contributed by atoms with Crippen molar-refractivity contribution in [2.45, 2.75) is 5.41 Å². The second-order valence-electron chi connectivity index (χ2n) is 15.2. The number of para-hydroxylation sites is 4. The molecule has 2 aromatic heterocycles. The Kier molecular flexibility index (Phi) is 5.83. The molecule has 9 aromatic carbocycles. The third-order valence-electron chi connectivity index (χ3n) is 12.5. The van der Waals surface area contributed by atoms with Gasteiger partial charge in [-0.1, -0.05) is 140 Å². The topological polar surface area (TPSA) is 21.3 Å². The number of nitrogens with zero attached hydrogens (tertiary/aromatic N) is 2. The largest absolute Gasteiger partial charge is 0.455 e. The molecule has 0 bridgehead atoms. The van der Waals surface area contributed by atoms with Crippen LogP contribution in [0.3, 0.4) is 0 Å². The summed E-state index contributed by atoms with van der Waals surface area (Å²) in [4.78, 5) is 2.44. The van der Waals surface area contributed by atoms with Gasteiger partial charge in [0.1, 0.15) is 11.2 Å². The normalized spacial score (nSPS) is 15.2. The van der Waals surface area contributed by atoms with Crippen LogP contribution in [-0.4, -0.2) is 4.57 Å². The highest BCUT2D eigenvalue weighted by Gasteiger charge is 2.51. The van der Waals surface area contributed by atoms with Crippen LogP contribution in [-0.2, 0) is 5.41 Å². The fraction of sp³-hybridized carbons (Fsp3) is 0.0189. The molecule has 56 heavy (non-hydrogen) atoms. The lowest BCUT2D eigenvalue weighted by Crippen LogP contribution is -2.33. The van der Waals surface area contributed by atoms with E-state index in [9.17, 15) is 0 Å². The third-order valence-corrected chi connectivity index (χ3v) is 12.5. The summed E-state index contributed by atoms with van der Waals surface area (Å²) in [6.45, 7) is 0. The molecular weight excluding hydrogens is 681 g/mol. The van der Waals surface area contributed by atoms with Crippen LogP contribution in [0.5, 0.6) is 0 Å². The zero-order chi connectivity index (χ0) is 36.5. The summed E-state index contributed by atoms with van der Waals surface area (Å²) in [6, 6.07) is 71.3. The molecule has 0 amide bonds. The minimum Gasteiger partial charge on any atom is -0.455 e. The van der Waals surface area contributed by atoms with E-state index in [2.05, 4.69) is 204 Å². The standard InChI is InChI=1S/C53H32N2O/c1-2-17-34(18-3-1)54(46-27-14-16-33-15-4-5-19-36(33)46)35-29-30-38-37-20-6-9-23-42(37)53(44(38)31-35)43-24-10-12-26-48(43)55-47-25-11-7-22-40(47)50-51(55)45(53)32-41-39-21-8-13-28-49(39)56-52(41)50/h1-32H. The second kappa shape index (κ2) is 10.9. The SMILES string of the molecule is c1ccc(N(c2ccc3c(c2)C2(c4ccccc4-3)c3ccccc3-n3c4ccccc4c4c5oc6ccccc6c5cc2c43)c2cccc3ccccc23)cc1. The van der Waals surface area contributed by atoms with Crippen LogP contribution in [0.1, 0.15) is 22.3 Å². The van der Waals surface area contributed by atoms with Crippen molar-refractivity contribution in [3.8, 4) is 16.8 Å². The van der Waals surface area contributed by atoms with Gasteiger partial charge in [-0.25, -0.2) is 0 Å². The lowest BCUT2D eigenvalue weighted by atomic mass is 9.65. The first-order chi connectivity index (χ1) is 27.8. The Morgan fingerprint density at radius 1 is 0.446 bits per heavy atom. The monoisotopic (exact) mass is 712 g/mol. The van der Waals surface area contributed by atoms with Gasteiger partial charge in [0.2, 0.25) is 0 Å². The highest BCUT2D eigenvalue weighted by Crippen LogP contribution is 2.62. The molecule has 1 aliphatic heterocycles. The van der Waals surface area contributed by atoms with Crippen molar-refractivity contribution in [1.82, 2.24) is 4.57 Å². The van der Waals surface area contributed by atoms with Crippen molar-refractivity contribution >= 4 is 71.6 Å². The lowest BCUT2D eigenvalue weighted by molar-refractivity contribution is 0.672. The Morgan fingerprint density at radius 2 is 1.14 bits per heavy atom. The molecule has 0 radical (unpaired) electrons. The molecule has 260 valence electrons. The highest BCUT2D eigenvalue weighted by atomic mass is 16.3. The van der Waals surface area contributed by atoms with Crippen molar-refractivity contribution in [3.05, 3.63) is 216 Å². The maximum absolute atomic E-state index is 6.85. The number of benzene rings is 9. The van der Waals surface area contributed by atoms with E-state index in [-0.39, 0.29) is 0 Å². The Balaban J connectivity index is 1.21. The molecule has 1 spiro atoms. The molecule has 1 atom stereocenters.